The molecule has 0 aliphatic heterocycles. The van der Waals surface area contributed by atoms with Crippen LogP contribution in [-0.2, 0) is 16.5 Å². The van der Waals surface area contributed by atoms with Gasteiger partial charge in [-0.2, -0.15) is 0 Å². The van der Waals surface area contributed by atoms with E-state index < -0.39 is 24.7 Å². The average molecular weight is 259 g/mol. The normalized spacial score (nSPS) is 13.4. The van der Waals surface area contributed by atoms with Gasteiger partial charge in [0.2, 0.25) is 11.8 Å². The molecule has 0 heterocycles. The first-order valence-electron chi connectivity index (χ1n) is 2.26. The summed E-state index contributed by atoms with van der Waals surface area (Å²) in [7, 11) is 0. The van der Waals surface area contributed by atoms with Crippen LogP contribution in [0.3, 0.4) is 0 Å². The summed E-state index contributed by atoms with van der Waals surface area (Å²) in [6.45, 7) is 0. The molecule has 0 N–H and O–H groups in total. The van der Waals surface area contributed by atoms with Crippen LogP contribution in [0.5, 0.6) is 0 Å². The zero-order valence-electron chi connectivity index (χ0n) is 5.34. The maximum absolute atomic E-state index is 11.5. The molecule has 0 aromatic heterocycles. The molecule has 0 aliphatic rings. The van der Waals surface area contributed by atoms with Crippen LogP contribution in [0.2, 0.25) is 0 Å². The molecule has 13 heavy (non-hydrogen) atoms. The number of hydrogen-bond donors (Lipinski definition) is 0. The van der Waals surface area contributed by atoms with Crippen molar-refractivity contribution >= 4 is 0 Å². The summed E-state index contributed by atoms with van der Waals surface area (Å²) in [4.78, 5) is 0. The molecule has 0 amide bonds. The Hall–Kier alpha value is -0.0665. The number of hydrogen-bond acceptors (Lipinski definition) is 0. The van der Waals surface area contributed by atoms with Gasteiger partial charge in [-0.1, -0.05) is 0 Å². The van der Waals surface area contributed by atoms with E-state index in [0.717, 1.165) is 0 Å². The molecule has 0 nitrogen and oxygen atoms in total. The molecule has 0 bridgehead atoms. The first-order valence-corrected chi connectivity index (χ1v) is 2.26. The third kappa shape index (κ3) is 2.69. The van der Waals surface area contributed by atoms with Gasteiger partial charge in [0.25, 0.3) is 0 Å². The van der Waals surface area contributed by atoms with Gasteiger partial charge in [-0.25, -0.2) is 17.6 Å². The molecule has 0 atom stereocenters. The third-order valence-electron chi connectivity index (χ3n) is 0.869. The van der Waals surface area contributed by atoms with Crippen LogP contribution >= 0.6 is 0 Å². The Balaban J connectivity index is 0. The number of rotatable bonds is 3. The molecule has 0 saturated carbocycles. The Morgan fingerprint density at radius 2 is 0.769 bits per heavy atom. The van der Waals surface area contributed by atoms with E-state index in [1.165, 1.54) is 0 Å². The molecule has 9 heteroatoms. The van der Waals surface area contributed by atoms with Crippen molar-refractivity contribution in [1.82, 2.24) is 0 Å². The van der Waals surface area contributed by atoms with Crippen molar-refractivity contribution in [2.75, 3.05) is 0 Å². The van der Waals surface area contributed by atoms with E-state index in [1.807, 2.05) is 0 Å². The van der Waals surface area contributed by atoms with Gasteiger partial charge >= 0.3 is 16.5 Å². The van der Waals surface area contributed by atoms with Crippen LogP contribution in [0.25, 0.3) is 0 Å². The molecule has 0 aromatic carbocycles. The molecule has 82 valence electrons. The van der Waals surface area contributed by atoms with Crippen LogP contribution in [0, 0.1) is 12.9 Å². The topological polar surface area (TPSA) is 0 Å². The van der Waals surface area contributed by atoms with Crippen molar-refractivity contribution in [3.63, 3.8) is 0 Å². The Morgan fingerprint density at radius 3 is 0.846 bits per heavy atom. The van der Waals surface area contributed by atoms with Gasteiger partial charge in [0, 0.05) is 0 Å². The van der Waals surface area contributed by atoms with Gasteiger partial charge in [-0.15, -0.1) is 0 Å². The Kier molecular flexibility index (Phi) is 5.26. The fourth-order valence-corrected chi connectivity index (χ4v) is 0.237. The second-order valence-electron chi connectivity index (χ2n) is 1.67. The van der Waals surface area contributed by atoms with Crippen molar-refractivity contribution in [1.29, 1.82) is 0 Å². The molecule has 0 unspecified atom stereocenters. The van der Waals surface area contributed by atoms with Gasteiger partial charge in [0.15, 0.2) is 0 Å². The standard InChI is InChI=1S/C4F8.Ni/c5-1(6)3(9,10)4(11,12)2(7)8;/q-2;+2. The number of halogens is 8. The van der Waals surface area contributed by atoms with Crippen molar-refractivity contribution in [3.05, 3.63) is 12.9 Å². The summed E-state index contributed by atoms with van der Waals surface area (Å²) in [5.74, 6) is -12.2. The third-order valence-corrected chi connectivity index (χ3v) is 0.869. The van der Waals surface area contributed by atoms with Gasteiger partial charge in [-0.05, 0) is 0 Å². The second kappa shape index (κ2) is 4.44. The summed E-state index contributed by atoms with van der Waals surface area (Å²) in [5, 5.41) is 0. The summed E-state index contributed by atoms with van der Waals surface area (Å²) in [6.07, 6.45) is -8.11. The zero-order valence-corrected chi connectivity index (χ0v) is 6.33. The van der Waals surface area contributed by atoms with Crippen molar-refractivity contribution in [2.24, 2.45) is 0 Å². The largest absolute Gasteiger partial charge is 2.00 e. The Morgan fingerprint density at radius 1 is 0.615 bits per heavy atom. The maximum Gasteiger partial charge on any atom is 2.00 e. The monoisotopic (exact) mass is 258 g/mol. The second-order valence-corrected chi connectivity index (χ2v) is 1.67. The van der Waals surface area contributed by atoms with E-state index in [2.05, 4.69) is 0 Å². The molecule has 0 fully saturated rings. The van der Waals surface area contributed by atoms with Crippen LogP contribution in [0.1, 0.15) is 0 Å². The summed E-state index contributed by atoms with van der Waals surface area (Å²) in [5.41, 5.74) is 0. The Labute approximate surface area is 77.2 Å². The maximum atomic E-state index is 11.5. The van der Waals surface area contributed by atoms with Crippen molar-refractivity contribution in [3.8, 4) is 0 Å². The van der Waals surface area contributed by atoms with E-state index in [4.69, 9.17) is 0 Å². The van der Waals surface area contributed by atoms with Crippen LogP contribution < -0.4 is 0 Å². The smallest absolute Gasteiger partial charge is 0.415 e. The molecule has 0 aliphatic carbocycles. The van der Waals surface area contributed by atoms with E-state index >= 15 is 0 Å². The molecule has 0 rings (SSSR count). The van der Waals surface area contributed by atoms with Crippen LogP contribution in [-0.4, -0.2) is 11.8 Å². The van der Waals surface area contributed by atoms with Gasteiger partial charge < -0.3 is 17.6 Å². The minimum Gasteiger partial charge on any atom is -0.415 e. The molecule has 0 spiro atoms. The molecule has 0 aromatic rings. The predicted octanol–water partition coefficient (Wildman–Crippen LogP) is 3.11. The zero-order chi connectivity index (χ0) is 10.2. The number of alkyl halides is 4. The predicted molar refractivity (Wildman–Crippen MR) is 20.8 cm³/mol. The van der Waals surface area contributed by atoms with E-state index in [9.17, 15) is 35.1 Å². The molecule has 0 radical (unpaired) electrons. The summed E-state index contributed by atoms with van der Waals surface area (Å²) < 4.78 is 90.2. The summed E-state index contributed by atoms with van der Waals surface area (Å²) >= 11 is 0. The van der Waals surface area contributed by atoms with E-state index in [-0.39, 0.29) is 16.5 Å². The quantitative estimate of drug-likeness (QED) is 0.415. The van der Waals surface area contributed by atoms with Crippen LogP contribution in [0.4, 0.5) is 35.1 Å². The Bertz CT molecular complexity index is 136. The first kappa shape index (κ1) is 15.4. The SMILES string of the molecule is F[C-](F)C(F)(F)C(F)(F)[C-](F)F.[Ni+2]. The average Bonchev–Trinajstić information content (AvgIpc) is 1.86. The minimum absolute atomic E-state index is 0. The van der Waals surface area contributed by atoms with Gasteiger partial charge in [0.1, 0.15) is 0 Å². The van der Waals surface area contributed by atoms with Crippen molar-refractivity contribution < 1.29 is 51.6 Å². The summed E-state index contributed by atoms with van der Waals surface area (Å²) in [6, 6.07) is 0. The van der Waals surface area contributed by atoms with Crippen LogP contribution in [0.15, 0.2) is 0 Å². The van der Waals surface area contributed by atoms with E-state index in [0.29, 0.717) is 0 Å². The van der Waals surface area contributed by atoms with Gasteiger partial charge in [0.05, 0.1) is 12.9 Å². The fraction of sp³-hybridized carbons (Fsp3) is 0.500. The molecular formula is C4F8Ni. The first-order chi connectivity index (χ1) is 5.14. The minimum atomic E-state index is -6.12. The van der Waals surface area contributed by atoms with E-state index in [1.54, 1.807) is 0 Å². The fourth-order valence-electron chi connectivity index (χ4n) is 0.237. The van der Waals surface area contributed by atoms with Gasteiger partial charge in [-0.3, -0.25) is 0 Å². The van der Waals surface area contributed by atoms with Crippen molar-refractivity contribution in [2.45, 2.75) is 11.8 Å². The molecular weight excluding hydrogens is 259 g/mol. The molecule has 0 saturated heterocycles.